The van der Waals surface area contributed by atoms with Crippen LogP contribution in [-0.4, -0.2) is 13.1 Å². The van der Waals surface area contributed by atoms with E-state index in [1.165, 1.54) is 5.56 Å². The maximum atomic E-state index is 6.63. The molecule has 0 aliphatic carbocycles. The third kappa shape index (κ3) is 1.86. The Hall–Kier alpha value is -0.570. The molecule has 16 heavy (non-hydrogen) atoms. The third-order valence-electron chi connectivity index (χ3n) is 3.83. The summed E-state index contributed by atoms with van der Waals surface area (Å²) >= 11 is 5.91. The monoisotopic (exact) mass is 238 g/mol. The highest BCUT2D eigenvalue weighted by Gasteiger charge is 2.44. The van der Waals surface area contributed by atoms with Gasteiger partial charge in [-0.2, -0.15) is 0 Å². The van der Waals surface area contributed by atoms with Crippen LogP contribution < -0.4 is 11.1 Å². The van der Waals surface area contributed by atoms with Gasteiger partial charge in [0.25, 0.3) is 0 Å². The van der Waals surface area contributed by atoms with Crippen LogP contribution in [-0.2, 0) is 5.54 Å². The van der Waals surface area contributed by atoms with Crippen LogP contribution in [0.5, 0.6) is 0 Å². The van der Waals surface area contributed by atoms with Gasteiger partial charge in [0.2, 0.25) is 0 Å². The van der Waals surface area contributed by atoms with Crippen molar-refractivity contribution in [3.8, 4) is 0 Å². The predicted octanol–water partition coefficient (Wildman–Crippen LogP) is 2.51. The van der Waals surface area contributed by atoms with Crippen LogP contribution in [0, 0.1) is 5.41 Å². The first-order valence-electron chi connectivity index (χ1n) is 5.71. The summed E-state index contributed by atoms with van der Waals surface area (Å²) in [5.41, 5.74) is 7.60. The second kappa shape index (κ2) is 4.02. The van der Waals surface area contributed by atoms with Crippen molar-refractivity contribution in [1.82, 2.24) is 5.32 Å². The number of halogens is 1. The van der Waals surface area contributed by atoms with E-state index in [4.69, 9.17) is 17.3 Å². The van der Waals surface area contributed by atoms with Gasteiger partial charge in [0.05, 0.1) is 0 Å². The van der Waals surface area contributed by atoms with Gasteiger partial charge in [0.15, 0.2) is 0 Å². The number of rotatable bonds is 1. The molecule has 0 radical (unpaired) electrons. The molecular weight excluding hydrogens is 220 g/mol. The highest BCUT2D eigenvalue weighted by Crippen LogP contribution is 2.41. The molecule has 1 saturated heterocycles. The van der Waals surface area contributed by atoms with Crippen molar-refractivity contribution >= 4 is 11.6 Å². The average Bonchev–Trinajstić information content (AvgIpc) is 2.23. The van der Waals surface area contributed by atoms with Gasteiger partial charge in [0, 0.05) is 17.1 Å². The van der Waals surface area contributed by atoms with Crippen molar-refractivity contribution < 1.29 is 0 Å². The Labute approximate surface area is 102 Å². The van der Waals surface area contributed by atoms with Crippen LogP contribution in [0.3, 0.4) is 0 Å². The molecule has 3 heteroatoms. The minimum Gasteiger partial charge on any atom is -0.321 e. The molecule has 1 aliphatic heterocycles. The van der Waals surface area contributed by atoms with E-state index in [2.05, 4.69) is 31.3 Å². The summed E-state index contributed by atoms with van der Waals surface area (Å²) in [6, 6.07) is 7.94. The third-order valence-corrected chi connectivity index (χ3v) is 4.08. The Bertz CT molecular complexity index is 372. The lowest BCUT2D eigenvalue weighted by atomic mass is 9.65. The van der Waals surface area contributed by atoms with E-state index in [1.807, 2.05) is 12.1 Å². The molecule has 1 aliphatic rings. The fourth-order valence-corrected chi connectivity index (χ4v) is 2.59. The lowest BCUT2D eigenvalue weighted by molar-refractivity contribution is 0.114. The summed E-state index contributed by atoms with van der Waals surface area (Å²) in [7, 11) is 0. The fourth-order valence-electron chi connectivity index (χ4n) is 2.46. The van der Waals surface area contributed by atoms with Crippen molar-refractivity contribution in [3.05, 3.63) is 34.9 Å². The number of piperidine rings is 1. The van der Waals surface area contributed by atoms with E-state index in [9.17, 15) is 0 Å². The van der Waals surface area contributed by atoms with Gasteiger partial charge in [-0.3, -0.25) is 0 Å². The van der Waals surface area contributed by atoms with Gasteiger partial charge in [-0.05, 0) is 36.1 Å². The van der Waals surface area contributed by atoms with Crippen molar-refractivity contribution in [2.24, 2.45) is 11.1 Å². The summed E-state index contributed by atoms with van der Waals surface area (Å²) in [6.45, 7) is 6.36. The minimum absolute atomic E-state index is 0.0546. The first kappa shape index (κ1) is 11.9. The largest absolute Gasteiger partial charge is 0.321 e. The Kier molecular flexibility index (Phi) is 2.99. The summed E-state index contributed by atoms with van der Waals surface area (Å²) < 4.78 is 0. The van der Waals surface area contributed by atoms with E-state index in [0.717, 1.165) is 24.5 Å². The van der Waals surface area contributed by atoms with E-state index in [-0.39, 0.29) is 11.0 Å². The predicted molar refractivity (Wildman–Crippen MR) is 68.6 cm³/mol. The Morgan fingerprint density at radius 2 is 1.88 bits per heavy atom. The van der Waals surface area contributed by atoms with Gasteiger partial charge >= 0.3 is 0 Å². The molecule has 2 nitrogen and oxygen atoms in total. The summed E-state index contributed by atoms with van der Waals surface area (Å²) in [4.78, 5) is 0. The van der Waals surface area contributed by atoms with Crippen molar-refractivity contribution in [2.45, 2.75) is 25.8 Å². The molecule has 1 aromatic rings. The molecule has 0 amide bonds. The lowest BCUT2D eigenvalue weighted by Crippen LogP contribution is -2.59. The van der Waals surface area contributed by atoms with E-state index in [0.29, 0.717) is 0 Å². The van der Waals surface area contributed by atoms with Crippen LogP contribution in [0.2, 0.25) is 5.02 Å². The summed E-state index contributed by atoms with van der Waals surface area (Å²) in [6.07, 6.45) is 0.960. The Balaban J connectivity index is 2.39. The highest BCUT2D eigenvalue weighted by molar-refractivity contribution is 6.30. The maximum absolute atomic E-state index is 6.63. The summed E-state index contributed by atoms with van der Waals surface area (Å²) in [5, 5.41) is 4.17. The molecular formula is C13H19ClN2. The molecule has 1 atom stereocenters. The summed E-state index contributed by atoms with van der Waals surface area (Å²) in [5.74, 6) is 0. The number of hydrogen-bond acceptors (Lipinski definition) is 2. The quantitative estimate of drug-likeness (QED) is 0.789. The van der Waals surface area contributed by atoms with Crippen LogP contribution in [0.15, 0.2) is 24.3 Å². The molecule has 0 aromatic heterocycles. The second-order valence-corrected chi connectivity index (χ2v) is 5.73. The molecule has 0 saturated carbocycles. The topological polar surface area (TPSA) is 38.0 Å². The number of benzene rings is 1. The smallest absolute Gasteiger partial charge is 0.0485 e. The highest BCUT2D eigenvalue weighted by atomic mass is 35.5. The Morgan fingerprint density at radius 3 is 2.44 bits per heavy atom. The number of hydrogen-bond donors (Lipinski definition) is 2. The normalized spacial score (nSPS) is 29.0. The van der Waals surface area contributed by atoms with Gasteiger partial charge in [-0.25, -0.2) is 0 Å². The van der Waals surface area contributed by atoms with Crippen molar-refractivity contribution in [3.63, 3.8) is 0 Å². The van der Waals surface area contributed by atoms with Gasteiger partial charge < -0.3 is 11.1 Å². The first-order chi connectivity index (χ1) is 7.46. The maximum Gasteiger partial charge on any atom is 0.0485 e. The van der Waals surface area contributed by atoms with Crippen molar-refractivity contribution in [1.29, 1.82) is 0 Å². The molecule has 0 bridgehead atoms. The van der Waals surface area contributed by atoms with Crippen LogP contribution in [0.1, 0.15) is 25.8 Å². The zero-order valence-electron chi connectivity index (χ0n) is 9.89. The molecule has 88 valence electrons. The molecule has 3 N–H and O–H groups in total. The molecule has 1 aromatic carbocycles. The van der Waals surface area contributed by atoms with Gasteiger partial charge in [-0.1, -0.05) is 37.6 Å². The standard InChI is InChI=1S/C13H19ClN2/c1-12(2)9-16-8-7-13(12,15)10-3-5-11(14)6-4-10/h3-6,16H,7-9,15H2,1-2H3/t13-/m0/s1. The van der Waals surface area contributed by atoms with Crippen LogP contribution in [0.4, 0.5) is 0 Å². The van der Waals surface area contributed by atoms with E-state index >= 15 is 0 Å². The average molecular weight is 239 g/mol. The molecule has 2 rings (SSSR count). The number of nitrogens with one attached hydrogen (secondary N) is 1. The first-order valence-corrected chi connectivity index (χ1v) is 6.09. The molecule has 1 fully saturated rings. The van der Waals surface area contributed by atoms with E-state index < -0.39 is 0 Å². The van der Waals surface area contributed by atoms with Crippen molar-refractivity contribution in [2.75, 3.05) is 13.1 Å². The Morgan fingerprint density at radius 1 is 1.25 bits per heavy atom. The van der Waals surface area contributed by atoms with Gasteiger partial charge in [0.1, 0.15) is 0 Å². The minimum atomic E-state index is -0.261. The second-order valence-electron chi connectivity index (χ2n) is 5.29. The van der Waals surface area contributed by atoms with Gasteiger partial charge in [-0.15, -0.1) is 0 Å². The molecule has 0 unspecified atom stereocenters. The zero-order chi connectivity index (χ0) is 11.8. The zero-order valence-corrected chi connectivity index (χ0v) is 10.6. The molecule has 0 spiro atoms. The SMILES string of the molecule is CC1(C)CNCC[C@]1(N)c1ccc(Cl)cc1. The number of nitrogens with two attached hydrogens (primary N) is 1. The van der Waals surface area contributed by atoms with E-state index in [1.54, 1.807) is 0 Å². The van der Waals surface area contributed by atoms with Crippen LogP contribution in [0.25, 0.3) is 0 Å². The molecule has 1 heterocycles. The lowest BCUT2D eigenvalue weighted by Gasteiger charge is -2.48. The fraction of sp³-hybridized carbons (Fsp3) is 0.538. The van der Waals surface area contributed by atoms with Crippen LogP contribution >= 0.6 is 11.6 Å².